The third kappa shape index (κ3) is 4.39. The van der Waals surface area contributed by atoms with E-state index in [0.29, 0.717) is 6.04 Å². The summed E-state index contributed by atoms with van der Waals surface area (Å²) < 4.78 is 0. The van der Waals surface area contributed by atoms with Gasteiger partial charge < -0.3 is 10.2 Å². The molecule has 1 saturated heterocycles. The van der Waals surface area contributed by atoms with Gasteiger partial charge in [0.1, 0.15) is 0 Å². The molecule has 0 saturated carbocycles. The number of benzene rings is 1. The first-order chi connectivity index (χ1) is 10.9. The molecule has 1 fully saturated rings. The van der Waals surface area contributed by atoms with Crippen LogP contribution in [0.2, 0.25) is 0 Å². The number of rotatable bonds is 6. The molecule has 1 atom stereocenters. The lowest BCUT2D eigenvalue weighted by molar-refractivity contribution is 0.204. The average Bonchev–Trinajstić information content (AvgIpc) is 2.61. The molecular formula is C19H25N3. The van der Waals surface area contributed by atoms with E-state index in [1.165, 1.54) is 43.5 Å². The predicted molar refractivity (Wildman–Crippen MR) is 90.6 cm³/mol. The van der Waals surface area contributed by atoms with Gasteiger partial charge >= 0.3 is 0 Å². The monoisotopic (exact) mass is 295 g/mol. The van der Waals surface area contributed by atoms with E-state index < -0.39 is 0 Å². The Morgan fingerprint density at radius 2 is 1.68 bits per heavy atom. The van der Waals surface area contributed by atoms with E-state index in [1.807, 2.05) is 12.4 Å². The first-order valence-corrected chi connectivity index (χ1v) is 8.31. The maximum absolute atomic E-state index is 4.09. The second-order valence-electron chi connectivity index (χ2n) is 6.06. The van der Waals surface area contributed by atoms with Crippen molar-refractivity contribution in [3.05, 3.63) is 66.0 Å². The van der Waals surface area contributed by atoms with Gasteiger partial charge in [-0.05, 0) is 49.2 Å². The molecule has 2 heterocycles. The van der Waals surface area contributed by atoms with Crippen molar-refractivity contribution in [1.29, 1.82) is 0 Å². The molecule has 3 heteroatoms. The summed E-state index contributed by atoms with van der Waals surface area (Å²) in [5, 5.41) is 3.73. The lowest BCUT2D eigenvalue weighted by Gasteiger charge is -2.31. The molecule has 0 amide bonds. The van der Waals surface area contributed by atoms with Crippen LogP contribution in [0.5, 0.6) is 0 Å². The second-order valence-corrected chi connectivity index (χ2v) is 6.06. The van der Waals surface area contributed by atoms with Crippen LogP contribution in [0.1, 0.15) is 36.4 Å². The SMILES string of the molecule is c1ccc([C@@H](CN2CCCCC2)NCc2ccncc2)cc1. The van der Waals surface area contributed by atoms with E-state index in [2.05, 4.69) is 57.7 Å². The lowest BCUT2D eigenvalue weighted by atomic mass is 10.0. The van der Waals surface area contributed by atoms with E-state index in [-0.39, 0.29) is 0 Å². The molecule has 0 aliphatic carbocycles. The normalized spacial score (nSPS) is 17.3. The van der Waals surface area contributed by atoms with Crippen molar-refractivity contribution in [2.75, 3.05) is 19.6 Å². The Balaban J connectivity index is 1.65. The number of hydrogen-bond acceptors (Lipinski definition) is 3. The van der Waals surface area contributed by atoms with Crippen LogP contribution < -0.4 is 5.32 Å². The predicted octanol–water partition coefficient (Wildman–Crippen LogP) is 3.40. The smallest absolute Gasteiger partial charge is 0.0451 e. The highest BCUT2D eigenvalue weighted by Gasteiger charge is 2.17. The van der Waals surface area contributed by atoms with Gasteiger partial charge in [0, 0.05) is 31.5 Å². The first kappa shape index (κ1) is 15.2. The summed E-state index contributed by atoms with van der Waals surface area (Å²) in [6, 6.07) is 15.4. The van der Waals surface area contributed by atoms with Gasteiger partial charge in [-0.2, -0.15) is 0 Å². The largest absolute Gasteiger partial charge is 0.305 e. The number of aromatic nitrogens is 1. The number of piperidine rings is 1. The summed E-state index contributed by atoms with van der Waals surface area (Å²) in [5.41, 5.74) is 2.66. The number of pyridine rings is 1. The van der Waals surface area contributed by atoms with Gasteiger partial charge in [0.15, 0.2) is 0 Å². The Morgan fingerprint density at radius 3 is 2.41 bits per heavy atom. The minimum atomic E-state index is 0.382. The molecule has 1 aromatic heterocycles. The van der Waals surface area contributed by atoms with Crippen LogP contribution in [-0.4, -0.2) is 29.5 Å². The van der Waals surface area contributed by atoms with Crippen molar-refractivity contribution in [1.82, 2.24) is 15.2 Å². The van der Waals surface area contributed by atoms with Crippen LogP contribution in [0.25, 0.3) is 0 Å². The molecule has 0 radical (unpaired) electrons. The fraction of sp³-hybridized carbons (Fsp3) is 0.421. The molecule has 116 valence electrons. The molecule has 3 nitrogen and oxygen atoms in total. The summed E-state index contributed by atoms with van der Waals surface area (Å²) in [7, 11) is 0. The standard InChI is InChI=1S/C19H25N3/c1-3-7-18(8-4-1)19(16-22-13-5-2-6-14-22)21-15-17-9-11-20-12-10-17/h1,3-4,7-12,19,21H,2,5-6,13-16H2/t19-/m1/s1. The van der Waals surface area contributed by atoms with Crippen molar-refractivity contribution < 1.29 is 0 Å². The molecule has 0 spiro atoms. The zero-order valence-electron chi connectivity index (χ0n) is 13.1. The minimum Gasteiger partial charge on any atom is -0.305 e. The van der Waals surface area contributed by atoms with Crippen molar-refractivity contribution in [3.63, 3.8) is 0 Å². The van der Waals surface area contributed by atoms with Gasteiger partial charge in [0.25, 0.3) is 0 Å². The number of likely N-dealkylation sites (tertiary alicyclic amines) is 1. The summed E-state index contributed by atoms with van der Waals surface area (Å²) in [6.45, 7) is 4.45. The number of hydrogen-bond donors (Lipinski definition) is 1. The van der Waals surface area contributed by atoms with Crippen molar-refractivity contribution in [3.8, 4) is 0 Å². The van der Waals surface area contributed by atoms with Crippen LogP contribution in [0.4, 0.5) is 0 Å². The van der Waals surface area contributed by atoms with Crippen LogP contribution in [-0.2, 0) is 6.54 Å². The number of nitrogens with zero attached hydrogens (tertiary/aromatic N) is 2. The fourth-order valence-corrected chi connectivity index (χ4v) is 3.12. The molecule has 0 bridgehead atoms. The van der Waals surface area contributed by atoms with Crippen molar-refractivity contribution in [2.24, 2.45) is 0 Å². The molecule has 1 aliphatic heterocycles. The maximum Gasteiger partial charge on any atom is 0.0451 e. The highest BCUT2D eigenvalue weighted by molar-refractivity contribution is 5.20. The molecule has 2 aromatic rings. The summed E-state index contributed by atoms with van der Waals surface area (Å²) >= 11 is 0. The molecule has 0 unspecified atom stereocenters. The van der Waals surface area contributed by atoms with Crippen LogP contribution in [0.3, 0.4) is 0 Å². The molecule has 1 aliphatic rings. The zero-order chi connectivity index (χ0) is 15.0. The molecule has 1 aromatic carbocycles. The molecular weight excluding hydrogens is 270 g/mol. The quantitative estimate of drug-likeness (QED) is 0.885. The van der Waals surface area contributed by atoms with E-state index in [0.717, 1.165) is 13.1 Å². The average molecular weight is 295 g/mol. The first-order valence-electron chi connectivity index (χ1n) is 8.31. The van der Waals surface area contributed by atoms with Gasteiger partial charge in [-0.3, -0.25) is 4.98 Å². The fourth-order valence-electron chi connectivity index (χ4n) is 3.12. The van der Waals surface area contributed by atoms with Crippen molar-refractivity contribution >= 4 is 0 Å². The Kier molecular flexibility index (Phi) is 5.57. The zero-order valence-corrected chi connectivity index (χ0v) is 13.1. The highest BCUT2D eigenvalue weighted by Crippen LogP contribution is 2.18. The summed E-state index contributed by atoms with van der Waals surface area (Å²) in [4.78, 5) is 6.69. The van der Waals surface area contributed by atoms with Crippen LogP contribution in [0, 0.1) is 0 Å². The molecule has 22 heavy (non-hydrogen) atoms. The van der Waals surface area contributed by atoms with Gasteiger partial charge in [-0.15, -0.1) is 0 Å². The van der Waals surface area contributed by atoms with E-state index >= 15 is 0 Å². The third-order valence-corrected chi connectivity index (χ3v) is 4.39. The van der Waals surface area contributed by atoms with Crippen LogP contribution >= 0.6 is 0 Å². The van der Waals surface area contributed by atoms with Crippen molar-refractivity contribution in [2.45, 2.75) is 31.8 Å². The minimum absolute atomic E-state index is 0.382. The van der Waals surface area contributed by atoms with Gasteiger partial charge in [-0.1, -0.05) is 36.8 Å². The Hall–Kier alpha value is -1.71. The lowest BCUT2D eigenvalue weighted by Crippen LogP contribution is -2.38. The van der Waals surface area contributed by atoms with Gasteiger partial charge in [0.05, 0.1) is 0 Å². The van der Waals surface area contributed by atoms with Gasteiger partial charge in [-0.25, -0.2) is 0 Å². The third-order valence-electron chi connectivity index (χ3n) is 4.39. The topological polar surface area (TPSA) is 28.2 Å². The maximum atomic E-state index is 4.09. The number of nitrogens with one attached hydrogen (secondary N) is 1. The van der Waals surface area contributed by atoms with E-state index in [1.54, 1.807) is 0 Å². The Labute approximate surface area is 133 Å². The van der Waals surface area contributed by atoms with E-state index in [9.17, 15) is 0 Å². The summed E-state index contributed by atoms with van der Waals surface area (Å²) in [5.74, 6) is 0. The molecule has 3 rings (SSSR count). The molecule has 1 N–H and O–H groups in total. The highest BCUT2D eigenvalue weighted by atomic mass is 15.2. The van der Waals surface area contributed by atoms with Crippen LogP contribution in [0.15, 0.2) is 54.9 Å². The second kappa shape index (κ2) is 8.06. The Morgan fingerprint density at radius 1 is 0.955 bits per heavy atom. The summed E-state index contributed by atoms with van der Waals surface area (Å²) in [6.07, 6.45) is 7.78. The van der Waals surface area contributed by atoms with Gasteiger partial charge in [0.2, 0.25) is 0 Å². The van der Waals surface area contributed by atoms with E-state index in [4.69, 9.17) is 0 Å². The Bertz CT molecular complexity index is 535.